The zero-order chi connectivity index (χ0) is 19.1. The number of carbonyl (C=O) groups excluding carboxylic acids is 1. The summed E-state index contributed by atoms with van der Waals surface area (Å²) in [6, 6.07) is 4.80. The molecule has 0 saturated carbocycles. The Morgan fingerprint density at radius 2 is 1.96 bits per heavy atom. The third-order valence-corrected chi connectivity index (χ3v) is 4.25. The summed E-state index contributed by atoms with van der Waals surface area (Å²) >= 11 is 5.81. The lowest BCUT2D eigenvalue weighted by Gasteiger charge is -2.14. The van der Waals surface area contributed by atoms with E-state index in [1.165, 1.54) is 12.3 Å². The molecule has 0 radical (unpaired) electrons. The fourth-order valence-corrected chi connectivity index (χ4v) is 3.08. The summed E-state index contributed by atoms with van der Waals surface area (Å²) in [5, 5.41) is 2.71. The normalized spacial score (nSPS) is 11.9. The molecule has 0 spiro atoms. The fourth-order valence-electron chi connectivity index (χ4n) is 2.81. The van der Waals surface area contributed by atoms with E-state index in [1.54, 1.807) is 6.07 Å². The predicted octanol–water partition coefficient (Wildman–Crippen LogP) is 3.04. The Bertz CT molecular complexity index is 1080. The van der Waals surface area contributed by atoms with Crippen LogP contribution in [0.3, 0.4) is 0 Å². The Balaban J connectivity index is 2.44. The number of nitrogens with one attached hydrogen (secondary N) is 2. The van der Waals surface area contributed by atoms with Crippen LogP contribution >= 0.6 is 11.6 Å². The number of fused-ring (bicyclic) bond motifs is 3. The molecule has 3 aromatic rings. The molecule has 0 unspecified atom stereocenters. The van der Waals surface area contributed by atoms with Crippen LogP contribution in [0.4, 0.5) is 13.2 Å². The van der Waals surface area contributed by atoms with Gasteiger partial charge in [0.05, 0.1) is 16.0 Å². The van der Waals surface area contributed by atoms with Gasteiger partial charge in [-0.2, -0.15) is 13.2 Å². The average molecular weight is 384 g/mol. The van der Waals surface area contributed by atoms with Crippen molar-refractivity contribution in [2.45, 2.75) is 6.18 Å². The second kappa shape index (κ2) is 6.62. The number of pyridine rings is 1. The number of H-pyrrole nitrogens is 1. The summed E-state index contributed by atoms with van der Waals surface area (Å²) in [6.07, 6.45) is -3.31. The number of amides is 1. The highest BCUT2D eigenvalue weighted by molar-refractivity contribution is 6.33. The SMILES string of the molecule is NCCNC(=O)c1cc2cc[nH]c(=O)c2c2cc(Cl)c(C(F)(F)F)cc12. The van der Waals surface area contributed by atoms with Crippen LogP contribution in [0, 0.1) is 0 Å². The summed E-state index contributed by atoms with van der Waals surface area (Å²) in [5.41, 5.74) is 3.79. The fraction of sp³-hybridized carbons (Fsp3) is 0.176. The van der Waals surface area contributed by atoms with Gasteiger partial charge in [-0.15, -0.1) is 0 Å². The topological polar surface area (TPSA) is 88.0 Å². The molecule has 1 amide bonds. The molecule has 0 saturated heterocycles. The lowest BCUT2D eigenvalue weighted by atomic mass is 9.96. The largest absolute Gasteiger partial charge is 0.417 e. The van der Waals surface area contributed by atoms with Gasteiger partial charge in [-0.1, -0.05) is 11.6 Å². The molecular weight excluding hydrogens is 371 g/mol. The molecule has 1 aromatic heterocycles. The number of carbonyl (C=O) groups is 1. The van der Waals surface area contributed by atoms with Gasteiger partial charge in [-0.25, -0.2) is 0 Å². The van der Waals surface area contributed by atoms with Crippen molar-refractivity contribution in [1.29, 1.82) is 0 Å². The minimum absolute atomic E-state index is 0.00807. The molecule has 4 N–H and O–H groups in total. The number of nitrogens with two attached hydrogens (primary N) is 1. The molecule has 5 nitrogen and oxygen atoms in total. The number of aromatic amines is 1. The van der Waals surface area contributed by atoms with E-state index in [0.717, 1.165) is 12.1 Å². The van der Waals surface area contributed by atoms with Gasteiger partial charge in [-0.3, -0.25) is 9.59 Å². The van der Waals surface area contributed by atoms with E-state index in [1.807, 2.05) is 0 Å². The van der Waals surface area contributed by atoms with Crippen molar-refractivity contribution >= 4 is 39.1 Å². The molecule has 2 aromatic carbocycles. The van der Waals surface area contributed by atoms with Gasteiger partial charge in [0.2, 0.25) is 0 Å². The third kappa shape index (κ3) is 3.13. The third-order valence-electron chi connectivity index (χ3n) is 3.94. The first-order valence-electron chi connectivity index (χ1n) is 7.57. The first kappa shape index (κ1) is 18.2. The molecule has 3 rings (SSSR count). The molecular formula is C17H13ClF3N3O2. The Hall–Kier alpha value is -2.58. The molecule has 0 aliphatic carbocycles. The molecule has 9 heteroatoms. The second-order valence-electron chi connectivity index (χ2n) is 5.62. The Morgan fingerprint density at radius 1 is 1.23 bits per heavy atom. The maximum absolute atomic E-state index is 13.2. The van der Waals surface area contributed by atoms with Crippen molar-refractivity contribution in [3.8, 4) is 0 Å². The highest BCUT2D eigenvalue weighted by atomic mass is 35.5. The molecule has 0 aliphatic heterocycles. The van der Waals surface area contributed by atoms with E-state index < -0.39 is 28.2 Å². The zero-order valence-electron chi connectivity index (χ0n) is 13.2. The van der Waals surface area contributed by atoms with Crippen LogP contribution in [0.25, 0.3) is 21.5 Å². The van der Waals surface area contributed by atoms with Gasteiger partial charge in [0.15, 0.2) is 0 Å². The van der Waals surface area contributed by atoms with E-state index in [0.29, 0.717) is 5.39 Å². The molecule has 0 atom stereocenters. The molecule has 0 fully saturated rings. The molecule has 1 heterocycles. The van der Waals surface area contributed by atoms with Gasteiger partial charge in [0.25, 0.3) is 11.5 Å². The van der Waals surface area contributed by atoms with Crippen LogP contribution in [-0.4, -0.2) is 24.0 Å². The van der Waals surface area contributed by atoms with E-state index in [-0.39, 0.29) is 34.8 Å². The summed E-state index contributed by atoms with van der Waals surface area (Å²) in [6.45, 7) is 0.337. The van der Waals surface area contributed by atoms with Gasteiger partial charge in [-0.05, 0) is 40.4 Å². The van der Waals surface area contributed by atoms with Crippen molar-refractivity contribution < 1.29 is 18.0 Å². The monoisotopic (exact) mass is 383 g/mol. The number of benzene rings is 2. The van der Waals surface area contributed by atoms with Crippen molar-refractivity contribution in [3.63, 3.8) is 0 Å². The van der Waals surface area contributed by atoms with Gasteiger partial charge in [0, 0.05) is 24.8 Å². The van der Waals surface area contributed by atoms with Gasteiger partial charge in [0.1, 0.15) is 0 Å². The Morgan fingerprint density at radius 3 is 2.62 bits per heavy atom. The standard InChI is InChI=1S/C17H13ClF3N3O2/c18-13-7-10-9(6-12(13)17(19,20)21)11(15(25)24-4-2-22)5-8-1-3-23-16(26)14(8)10/h1,3,5-7H,2,4,22H2,(H,23,26)(H,24,25). The van der Waals surface area contributed by atoms with E-state index >= 15 is 0 Å². The lowest BCUT2D eigenvalue weighted by Crippen LogP contribution is -2.29. The van der Waals surface area contributed by atoms with Crippen molar-refractivity contribution in [3.05, 3.63) is 57.0 Å². The number of hydrogen-bond acceptors (Lipinski definition) is 3. The summed E-state index contributed by atoms with van der Waals surface area (Å²) < 4.78 is 39.7. The maximum Gasteiger partial charge on any atom is 0.417 e. The molecule has 26 heavy (non-hydrogen) atoms. The van der Waals surface area contributed by atoms with Crippen LogP contribution in [0.5, 0.6) is 0 Å². The lowest BCUT2D eigenvalue weighted by molar-refractivity contribution is -0.137. The molecule has 136 valence electrons. The van der Waals surface area contributed by atoms with Crippen LogP contribution in [-0.2, 0) is 6.18 Å². The highest BCUT2D eigenvalue weighted by Gasteiger charge is 2.34. The van der Waals surface area contributed by atoms with Crippen LogP contribution < -0.4 is 16.6 Å². The quantitative estimate of drug-likeness (QED) is 0.607. The van der Waals surface area contributed by atoms with Crippen LogP contribution in [0.1, 0.15) is 15.9 Å². The molecule has 0 bridgehead atoms. The second-order valence-corrected chi connectivity index (χ2v) is 6.02. The first-order valence-corrected chi connectivity index (χ1v) is 7.95. The smallest absolute Gasteiger partial charge is 0.351 e. The van der Waals surface area contributed by atoms with Gasteiger partial charge < -0.3 is 16.0 Å². The van der Waals surface area contributed by atoms with E-state index in [9.17, 15) is 22.8 Å². The summed E-state index contributed by atoms with van der Waals surface area (Å²) in [7, 11) is 0. The average Bonchev–Trinajstić information content (AvgIpc) is 2.57. The minimum atomic E-state index is -4.70. The maximum atomic E-state index is 13.2. The number of alkyl halides is 3. The Labute approximate surface area is 149 Å². The van der Waals surface area contributed by atoms with Crippen molar-refractivity contribution in [1.82, 2.24) is 10.3 Å². The zero-order valence-corrected chi connectivity index (χ0v) is 14.0. The Kier molecular flexibility index (Phi) is 4.64. The van der Waals surface area contributed by atoms with E-state index in [2.05, 4.69) is 10.3 Å². The van der Waals surface area contributed by atoms with Gasteiger partial charge >= 0.3 is 6.18 Å². The van der Waals surface area contributed by atoms with Crippen molar-refractivity contribution in [2.75, 3.05) is 13.1 Å². The highest BCUT2D eigenvalue weighted by Crippen LogP contribution is 2.39. The number of rotatable bonds is 3. The van der Waals surface area contributed by atoms with Crippen LogP contribution in [0.2, 0.25) is 5.02 Å². The molecule has 0 aliphatic rings. The number of hydrogen-bond donors (Lipinski definition) is 3. The first-order chi connectivity index (χ1) is 12.2. The predicted molar refractivity (Wildman–Crippen MR) is 93.5 cm³/mol. The number of halogens is 4. The van der Waals surface area contributed by atoms with Crippen molar-refractivity contribution in [2.24, 2.45) is 5.73 Å². The number of aromatic nitrogens is 1. The summed E-state index contributed by atoms with van der Waals surface area (Å²) in [4.78, 5) is 27.1. The van der Waals surface area contributed by atoms with Crippen LogP contribution in [0.15, 0.2) is 35.3 Å². The summed E-state index contributed by atoms with van der Waals surface area (Å²) in [5.74, 6) is -0.585. The minimum Gasteiger partial charge on any atom is -0.351 e. The van der Waals surface area contributed by atoms with E-state index in [4.69, 9.17) is 17.3 Å².